The van der Waals surface area contributed by atoms with E-state index >= 15 is 0 Å². The van der Waals surface area contributed by atoms with Crippen LogP contribution in [-0.2, 0) is 11.3 Å². The molecule has 23 heavy (non-hydrogen) atoms. The maximum absolute atomic E-state index is 12.5. The average Bonchev–Trinajstić information content (AvgIpc) is 3.10. The SMILES string of the molecule is CCn1cc(NC(=O)C(C)n2ncc(Br)c2C)c(C(=O)NC)n1. The van der Waals surface area contributed by atoms with E-state index < -0.39 is 6.04 Å². The topological polar surface area (TPSA) is 93.8 Å². The first kappa shape index (κ1) is 17.2. The van der Waals surface area contributed by atoms with Crippen LogP contribution in [0, 0.1) is 6.92 Å². The number of hydrogen-bond acceptors (Lipinski definition) is 4. The van der Waals surface area contributed by atoms with E-state index in [0.29, 0.717) is 12.2 Å². The van der Waals surface area contributed by atoms with E-state index in [0.717, 1.165) is 10.2 Å². The van der Waals surface area contributed by atoms with E-state index in [-0.39, 0.29) is 17.5 Å². The lowest BCUT2D eigenvalue weighted by Crippen LogP contribution is -2.27. The molecular weight excluding hydrogens is 364 g/mol. The minimum Gasteiger partial charge on any atom is -0.354 e. The van der Waals surface area contributed by atoms with E-state index in [1.807, 2.05) is 13.8 Å². The number of nitrogens with zero attached hydrogens (tertiary/aromatic N) is 4. The molecule has 0 aliphatic rings. The van der Waals surface area contributed by atoms with E-state index in [2.05, 4.69) is 36.8 Å². The largest absolute Gasteiger partial charge is 0.354 e. The van der Waals surface area contributed by atoms with Crippen LogP contribution in [0.1, 0.15) is 36.1 Å². The summed E-state index contributed by atoms with van der Waals surface area (Å²) in [6, 6.07) is -0.524. The van der Waals surface area contributed by atoms with Crippen molar-refractivity contribution in [1.29, 1.82) is 0 Å². The van der Waals surface area contributed by atoms with E-state index in [1.165, 1.54) is 7.05 Å². The smallest absolute Gasteiger partial charge is 0.273 e. The molecule has 0 bridgehead atoms. The fourth-order valence-electron chi connectivity index (χ4n) is 2.10. The number of carbonyl (C=O) groups is 2. The number of carbonyl (C=O) groups excluding carboxylic acids is 2. The van der Waals surface area contributed by atoms with Gasteiger partial charge in [0.25, 0.3) is 5.91 Å². The highest BCUT2D eigenvalue weighted by molar-refractivity contribution is 9.10. The van der Waals surface area contributed by atoms with Crippen LogP contribution < -0.4 is 10.6 Å². The lowest BCUT2D eigenvalue weighted by Gasteiger charge is -2.14. The molecule has 1 atom stereocenters. The lowest BCUT2D eigenvalue weighted by molar-refractivity contribution is -0.119. The third-order valence-corrected chi connectivity index (χ3v) is 4.30. The molecule has 2 rings (SSSR count). The molecule has 0 radical (unpaired) electrons. The molecule has 0 fully saturated rings. The molecule has 2 N–H and O–H groups in total. The fourth-order valence-corrected chi connectivity index (χ4v) is 2.38. The maximum Gasteiger partial charge on any atom is 0.273 e. The van der Waals surface area contributed by atoms with Crippen molar-refractivity contribution in [3.63, 3.8) is 0 Å². The van der Waals surface area contributed by atoms with Gasteiger partial charge in [-0.2, -0.15) is 10.2 Å². The Hall–Kier alpha value is -2.16. The summed E-state index contributed by atoms with van der Waals surface area (Å²) in [6.45, 7) is 6.11. The number of amides is 2. The number of aryl methyl sites for hydroxylation is 1. The van der Waals surface area contributed by atoms with Gasteiger partial charge in [-0.05, 0) is 36.7 Å². The zero-order chi connectivity index (χ0) is 17.1. The summed E-state index contributed by atoms with van der Waals surface area (Å²) in [5.41, 5.74) is 1.42. The predicted octanol–water partition coefficient (Wildman–Crippen LogP) is 1.73. The molecule has 124 valence electrons. The van der Waals surface area contributed by atoms with Crippen molar-refractivity contribution in [2.45, 2.75) is 33.4 Å². The molecule has 8 nitrogen and oxygen atoms in total. The summed E-state index contributed by atoms with van der Waals surface area (Å²) in [4.78, 5) is 24.4. The van der Waals surface area contributed by atoms with E-state index in [4.69, 9.17) is 0 Å². The number of anilines is 1. The first-order valence-electron chi connectivity index (χ1n) is 7.19. The van der Waals surface area contributed by atoms with Gasteiger partial charge in [-0.15, -0.1) is 0 Å². The van der Waals surface area contributed by atoms with Crippen molar-refractivity contribution in [2.24, 2.45) is 0 Å². The van der Waals surface area contributed by atoms with Crippen LogP contribution in [0.15, 0.2) is 16.9 Å². The molecule has 2 heterocycles. The lowest BCUT2D eigenvalue weighted by atomic mass is 10.2. The molecule has 0 aliphatic heterocycles. The summed E-state index contributed by atoms with van der Waals surface area (Å²) >= 11 is 3.37. The van der Waals surface area contributed by atoms with Gasteiger partial charge in [-0.25, -0.2) is 0 Å². The number of rotatable bonds is 5. The van der Waals surface area contributed by atoms with Crippen molar-refractivity contribution in [2.75, 3.05) is 12.4 Å². The Morgan fingerprint density at radius 1 is 1.43 bits per heavy atom. The first-order chi connectivity index (χ1) is 10.9. The summed E-state index contributed by atoms with van der Waals surface area (Å²) < 4.78 is 4.05. The van der Waals surface area contributed by atoms with E-state index in [1.54, 1.807) is 28.7 Å². The molecule has 0 aliphatic carbocycles. The van der Waals surface area contributed by atoms with Gasteiger partial charge in [-0.1, -0.05) is 0 Å². The van der Waals surface area contributed by atoms with Gasteiger partial charge in [0, 0.05) is 19.8 Å². The summed E-state index contributed by atoms with van der Waals surface area (Å²) in [5.74, 6) is -0.623. The number of hydrogen-bond donors (Lipinski definition) is 2. The average molecular weight is 383 g/mol. The molecule has 0 spiro atoms. The van der Waals surface area contributed by atoms with Crippen molar-refractivity contribution in [1.82, 2.24) is 24.9 Å². The van der Waals surface area contributed by atoms with Gasteiger partial charge < -0.3 is 10.6 Å². The summed E-state index contributed by atoms with van der Waals surface area (Å²) in [6.07, 6.45) is 3.28. The monoisotopic (exact) mass is 382 g/mol. The molecular formula is C14H19BrN6O2. The highest BCUT2D eigenvalue weighted by Crippen LogP contribution is 2.20. The van der Waals surface area contributed by atoms with Gasteiger partial charge in [-0.3, -0.25) is 19.0 Å². The third kappa shape index (κ3) is 3.44. The Labute approximate surface area is 142 Å². The standard InChI is InChI=1S/C14H19BrN6O2/c1-5-20-7-11(12(19-20)14(23)16-4)18-13(22)9(3)21-8(2)10(15)6-17-21/h6-7,9H,5H2,1-4H3,(H,16,23)(H,18,22). The summed E-state index contributed by atoms with van der Waals surface area (Å²) in [7, 11) is 1.52. The maximum atomic E-state index is 12.5. The van der Waals surface area contributed by atoms with Crippen LogP contribution in [-0.4, -0.2) is 38.4 Å². The molecule has 0 aromatic carbocycles. The van der Waals surface area contributed by atoms with Crippen molar-refractivity contribution in [3.8, 4) is 0 Å². The van der Waals surface area contributed by atoms with Gasteiger partial charge in [0.2, 0.25) is 5.91 Å². The molecule has 0 saturated carbocycles. The van der Waals surface area contributed by atoms with Crippen LogP contribution in [0.25, 0.3) is 0 Å². The van der Waals surface area contributed by atoms with Crippen LogP contribution in [0.2, 0.25) is 0 Å². The van der Waals surface area contributed by atoms with Crippen LogP contribution in [0.5, 0.6) is 0 Å². The zero-order valence-electron chi connectivity index (χ0n) is 13.4. The van der Waals surface area contributed by atoms with Crippen LogP contribution in [0.3, 0.4) is 0 Å². The van der Waals surface area contributed by atoms with Gasteiger partial charge in [0.1, 0.15) is 6.04 Å². The van der Waals surface area contributed by atoms with E-state index in [9.17, 15) is 9.59 Å². The Kier molecular flexibility index (Phi) is 5.19. The fraction of sp³-hybridized carbons (Fsp3) is 0.429. The van der Waals surface area contributed by atoms with Gasteiger partial charge in [0.15, 0.2) is 5.69 Å². The predicted molar refractivity (Wildman–Crippen MR) is 89.3 cm³/mol. The third-order valence-electron chi connectivity index (χ3n) is 3.52. The Bertz CT molecular complexity index is 736. The second-order valence-electron chi connectivity index (χ2n) is 5.01. The second kappa shape index (κ2) is 6.95. The van der Waals surface area contributed by atoms with Gasteiger partial charge in [0.05, 0.1) is 22.1 Å². The molecule has 1 unspecified atom stereocenters. The minimum absolute atomic E-state index is 0.188. The van der Waals surface area contributed by atoms with Crippen molar-refractivity contribution >= 4 is 33.4 Å². The Morgan fingerprint density at radius 3 is 2.65 bits per heavy atom. The van der Waals surface area contributed by atoms with Crippen molar-refractivity contribution in [3.05, 3.63) is 28.3 Å². The molecule has 2 aromatic heterocycles. The number of halogens is 1. The Balaban J connectivity index is 2.24. The van der Waals surface area contributed by atoms with Crippen LogP contribution in [0.4, 0.5) is 5.69 Å². The second-order valence-corrected chi connectivity index (χ2v) is 5.87. The quantitative estimate of drug-likeness (QED) is 0.822. The molecule has 2 aromatic rings. The highest BCUT2D eigenvalue weighted by atomic mass is 79.9. The number of aromatic nitrogens is 4. The number of nitrogens with one attached hydrogen (secondary N) is 2. The minimum atomic E-state index is -0.524. The molecule has 2 amide bonds. The van der Waals surface area contributed by atoms with Crippen LogP contribution >= 0.6 is 15.9 Å². The van der Waals surface area contributed by atoms with Gasteiger partial charge >= 0.3 is 0 Å². The normalized spacial score (nSPS) is 12.0. The zero-order valence-corrected chi connectivity index (χ0v) is 15.0. The first-order valence-corrected chi connectivity index (χ1v) is 7.98. The highest BCUT2D eigenvalue weighted by Gasteiger charge is 2.22. The Morgan fingerprint density at radius 2 is 2.13 bits per heavy atom. The van der Waals surface area contributed by atoms with Crippen molar-refractivity contribution < 1.29 is 9.59 Å². The molecule has 0 saturated heterocycles. The summed E-state index contributed by atoms with van der Waals surface area (Å²) in [5, 5.41) is 13.6. The molecule has 9 heteroatoms.